The summed E-state index contributed by atoms with van der Waals surface area (Å²) >= 11 is 0. The van der Waals surface area contributed by atoms with Crippen LogP contribution in [0.2, 0.25) is 0 Å². The van der Waals surface area contributed by atoms with Gasteiger partial charge in [-0.05, 0) is 40.7 Å². The van der Waals surface area contributed by atoms with Crippen molar-refractivity contribution in [3.05, 3.63) is 0 Å². The summed E-state index contributed by atoms with van der Waals surface area (Å²) in [5, 5.41) is 20.2. The summed E-state index contributed by atoms with van der Waals surface area (Å²) in [5.74, 6) is 0. The summed E-state index contributed by atoms with van der Waals surface area (Å²) in [7, 11) is 0. The Balaban J connectivity index is 3.56. The highest BCUT2D eigenvalue weighted by Crippen LogP contribution is 2.15. The summed E-state index contributed by atoms with van der Waals surface area (Å²) in [6.07, 6.45) is 19.2. The van der Waals surface area contributed by atoms with Crippen molar-refractivity contribution in [3.63, 3.8) is 0 Å². The molecule has 0 saturated heterocycles. The van der Waals surface area contributed by atoms with E-state index in [2.05, 4.69) is 11.8 Å². The number of hydrogen-bond donors (Lipinski definition) is 2. The van der Waals surface area contributed by atoms with Crippen molar-refractivity contribution in [3.8, 4) is 0 Å². The minimum absolute atomic E-state index is 0.620. The minimum atomic E-state index is -0.707. The Morgan fingerprint density at radius 3 is 1.11 bits per heavy atom. The highest BCUT2D eigenvalue weighted by molar-refractivity contribution is 4.78. The molecule has 0 aromatic carbocycles. The first-order valence-corrected chi connectivity index (χ1v) is 11.8. The first-order valence-electron chi connectivity index (χ1n) is 11.8. The van der Waals surface area contributed by atoms with Crippen molar-refractivity contribution in [2.45, 2.75) is 136 Å². The molecular formula is C24H51NO2. The first kappa shape index (κ1) is 26.9. The number of unbranched alkanes of at least 4 members (excludes halogenated alkanes) is 13. The van der Waals surface area contributed by atoms with Gasteiger partial charge < -0.3 is 10.2 Å². The highest BCUT2D eigenvalue weighted by Gasteiger charge is 2.23. The first-order chi connectivity index (χ1) is 12.6. The maximum atomic E-state index is 10.1. The van der Waals surface area contributed by atoms with E-state index in [1.165, 1.54) is 83.5 Å². The van der Waals surface area contributed by atoms with Crippen LogP contribution in [0.4, 0.5) is 0 Å². The van der Waals surface area contributed by atoms with E-state index in [9.17, 15) is 10.2 Å². The Hall–Kier alpha value is -0.120. The van der Waals surface area contributed by atoms with Crippen molar-refractivity contribution in [1.82, 2.24) is 4.90 Å². The lowest BCUT2D eigenvalue weighted by Crippen LogP contribution is -2.45. The number of rotatable bonds is 19. The topological polar surface area (TPSA) is 43.7 Å². The van der Waals surface area contributed by atoms with E-state index in [4.69, 9.17) is 0 Å². The normalized spacial score (nSPS) is 12.9. The average molecular weight is 386 g/mol. The largest absolute Gasteiger partial charge is 0.389 e. The predicted octanol–water partition coefficient (Wildman–Crippen LogP) is 6.31. The molecule has 0 atom stereocenters. The standard InChI is InChI=1S/C24H51NO2/c1-6-7-8-9-10-11-12-13-14-15-16-17-18-19-20-25(21-23(2,3)26)22-24(4,5)27/h26-27H,6-22H2,1-5H3. The third-order valence-corrected chi connectivity index (χ3v) is 5.05. The molecule has 27 heavy (non-hydrogen) atoms. The van der Waals surface area contributed by atoms with Gasteiger partial charge in [-0.3, -0.25) is 4.90 Å². The average Bonchev–Trinajstić information content (AvgIpc) is 2.52. The van der Waals surface area contributed by atoms with Crippen LogP contribution in [-0.2, 0) is 0 Å². The molecule has 0 radical (unpaired) electrons. The number of hydrogen-bond acceptors (Lipinski definition) is 3. The molecule has 0 rings (SSSR count). The van der Waals surface area contributed by atoms with Gasteiger partial charge in [-0.2, -0.15) is 0 Å². The molecule has 0 amide bonds. The van der Waals surface area contributed by atoms with E-state index in [1.807, 2.05) is 27.7 Å². The Morgan fingerprint density at radius 1 is 0.519 bits per heavy atom. The molecule has 0 heterocycles. The Labute approximate surface area is 170 Å². The van der Waals surface area contributed by atoms with Crippen LogP contribution in [0.25, 0.3) is 0 Å². The second-order valence-corrected chi connectivity index (χ2v) is 9.93. The molecule has 0 spiro atoms. The van der Waals surface area contributed by atoms with Crippen molar-refractivity contribution >= 4 is 0 Å². The fraction of sp³-hybridized carbons (Fsp3) is 1.00. The summed E-state index contributed by atoms with van der Waals surface area (Å²) in [4.78, 5) is 2.21. The fourth-order valence-electron chi connectivity index (χ4n) is 3.84. The molecule has 0 fully saturated rings. The second kappa shape index (κ2) is 15.8. The van der Waals surface area contributed by atoms with E-state index in [1.54, 1.807) is 0 Å². The summed E-state index contributed by atoms with van der Waals surface area (Å²) in [5.41, 5.74) is -1.41. The van der Waals surface area contributed by atoms with Crippen LogP contribution in [0, 0.1) is 0 Å². The van der Waals surface area contributed by atoms with Crippen LogP contribution in [0.15, 0.2) is 0 Å². The summed E-state index contributed by atoms with van der Waals surface area (Å²) < 4.78 is 0. The second-order valence-electron chi connectivity index (χ2n) is 9.93. The molecule has 0 aromatic rings. The van der Waals surface area contributed by atoms with Crippen LogP contribution in [0.5, 0.6) is 0 Å². The van der Waals surface area contributed by atoms with Gasteiger partial charge in [0.05, 0.1) is 11.2 Å². The lowest BCUT2D eigenvalue weighted by atomic mass is 10.0. The van der Waals surface area contributed by atoms with Gasteiger partial charge in [0.25, 0.3) is 0 Å². The third kappa shape index (κ3) is 22.0. The molecule has 0 aromatic heterocycles. The van der Waals surface area contributed by atoms with Gasteiger partial charge in [0.2, 0.25) is 0 Å². The van der Waals surface area contributed by atoms with Crippen molar-refractivity contribution in [1.29, 1.82) is 0 Å². The molecule has 0 bridgehead atoms. The Morgan fingerprint density at radius 2 is 0.815 bits per heavy atom. The van der Waals surface area contributed by atoms with Gasteiger partial charge in [0.1, 0.15) is 0 Å². The van der Waals surface area contributed by atoms with Crippen LogP contribution < -0.4 is 0 Å². The van der Waals surface area contributed by atoms with Gasteiger partial charge in [-0.25, -0.2) is 0 Å². The van der Waals surface area contributed by atoms with Crippen LogP contribution in [0.1, 0.15) is 125 Å². The minimum Gasteiger partial charge on any atom is -0.389 e. The summed E-state index contributed by atoms with van der Waals surface area (Å²) in [6, 6.07) is 0. The predicted molar refractivity (Wildman–Crippen MR) is 119 cm³/mol. The summed E-state index contributed by atoms with van der Waals surface area (Å²) in [6.45, 7) is 11.9. The van der Waals surface area contributed by atoms with E-state index >= 15 is 0 Å². The van der Waals surface area contributed by atoms with Crippen LogP contribution in [-0.4, -0.2) is 45.9 Å². The van der Waals surface area contributed by atoms with Gasteiger partial charge in [0.15, 0.2) is 0 Å². The van der Waals surface area contributed by atoms with Gasteiger partial charge in [-0.1, -0.05) is 90.4 Å². The number of nitrogens with zero attached hydrogens (tertiary/aromatic N) is 1. The number of aliphatic hydroxyl groups is 2. The molecule has 2 N–H and O–H groups in total. The molecule has 3 nitrogen and oxygen atoms in total. The Kier molecular flexibility index (Phi) is 15.7. The molecule has 0 unspecified atom stereocenters. The molecule has 0 aliphatic heterocycles. The zero-order chi connectivity index (χ0) is 20.6. The Bertz CT molecular complexity index is 301. The van der Waals surface area contributed by atoms with Crippen molar-refractivity contribution < 1.29 is 10.2 Å². The fourth-order valence-corrected chi connectivity index (χ4v) is 3.84. The molecule has 0 aliphatic rings. The lowest BCUT2D eigenvalue weighted by molar-refractivity contribution is -0.00793. The monoisotopic (exact) mass is 385 g/mol. The lowest BCUT2D eigenvalue weighted by Gasteiger charge is -2.33. The maximum absolute atomic E-state index is 10.1. The maximum Gasteiger partial charge on any atom is 0.0718 e. The molecule has 3 heteroatoms. The van der Waals surface area contributed by atoms with Crippen LogP contribution >= 0.6 is 0 Å². The third-order valence-electron chi connectivity index (χ3n) is 5.05. The zero-order valence-electron chi connectivity index (χ0n) is 19.4. The van der Waals surface area contributed by atoms with E-state index in [0.29, 0.717) is 13.1 Å². The van der Waals surface area contributed by atoms with Crippen LogP contribution in [0.3, 0.4) is 0 Å². The van der Waals surface area contributed by atoms with Gasteiger partial charge >= 0.3 is 0 Å². The molecule has 164 valence electrons. The highest BCUT2D eigenvalue weighted by atomic mass is 16.3. The van der Waals surface area contributed by atoms with E-state index < -0.39 is 11.2 Å². The van der Waals surface area contributed by atoms with Crippen molar-refractivity contribution in [2.75, 3.05) is 19.6 Å². The smallest absolute Gasteiger partial charge is 0.0718 e. The van der Waals surface area contributed by atoms with Crippen molar-refractivity contribution in [2.24, 2.45) is 0 Å². The SMILES string of the molecule is CCCCCCCCCCCCCCCCN(CC(C)(C)O)CC(C)(C)O. The molecule has 0 aliphatic carbocycles. The van der Waals surface area contributed by atoms with E-state index in [0.717, 1.165) is 13.0 Å². The quantitative estimate of drug-likeness (QED) is 0.256. The van der Waals surface area contributed by atoms with E-state index in [-0.39, 0.29) is 0 Å². The zero-order valence-corrected chi connectivity index (χ0v) is 19.4. The molecule has 0 saturated carbocycles. The van der Waals surface area contributed by atoms with Gasteiger partial charge in [-0.15, -0.1) is 0 Å². The van der Waals surface area contributed by atoms with Gasteiger partial charge in [0, 0.05) is 13.1 Å². The molecular weight excluding hydrogens is 334 g/mol.